The molecule has 1 saturated heterocycles. The van der Waals surface area contributed by atoms with E-state index in [1.807, 2.05) is 16.5 Å². The number of thiazole rings is 1. The first-order valence-electron chi connectivity index (χ1n) is 8.13. The number of piperidine rings is 1. The lowest BCUT2D eigenvalue weighted by molar-refractivity contribution is -0.132. The predicted octanol–water partition coefficient (Wildman–Crippen LogP) is 3.18. The molecule has 126 valence electrons. The van der Waals surface area contributed by atoms with E-state index in [1.165, 1.54) is 0 Å². The van der Waals surface area contributed by atoms with Crippen LogP contribution in [0.5, 0.6) is 0 Å². The SMILES string of the molecule is O=C(O)c1ccc(CCC(=O)N2CCC[C@H](c3nccs3)C2)cc1. The van der Waals surface area contributed by atoms with Gasteiger partial charge in [0.05, 0.1) is 10.6 Å². The van der Waals surface area contributed by atoms with Crippen LogP contribution in [0.4, 0.5) is 0 Å². The largest absolute Gasteiger partial charge is 0.478 e. The van der Waals surface area contributed by atoms with Crippen LogP contribution in [0.25, 0.3) is 0 Å². The van der Waals surface area contributed by atoms with Crippen LogP contribution >= 0.6 is 11.3 Å². The molecule has 1 aliphatic rings. The Balaban J connectivity index is 1.53. The molecule has 1 N–H and O–H groups in total. The van der Waals surface area contributed by atoms with Crippen LogP contribution in [-0.4, -0.2) is 40.0 Å². The fourth-order valence-electron chi connectivity index (χ4n) is 3.06. The van der Waals surface area contributed by atoms with Gasteiger partial charge in [0, 0.05) is 37.0 Å². The van der Waals surface area contributed by atoms with Gasteiger partial charge in [-0.1, -0.05) is 12.1 Å². The molecular weight excluding hydrogens is 324 g/mol. The molecule has 0 saturated carbocycles. The number of carboxylic acids is 1. The molecule has 5 nitrogen and oxygen atoms in total. The molecule has 1 atom stereocenters. The van der Waals surface area contributed by atoms with E-state index in [-0.39, 0.29) is 11.5 Å². The zero-order valence-corrected chi connectivity index (χ0v) is 14.2. The number of carbonyl (C=O) groups is 2. The first-order chi connectivity index (χ1) is 11.6. The number of hydrogen-bond acceptors (Lipinski definition) is 4. The van der Waals surface area contributed by atoms with Gasteiger partial charge >= 0.3 is 5.97 Å². The van der Waals surface area contributed by atoms with Crippen molar-refractivity contribution in [3.63, 3.8) is 0 Å². The lowest BCUT2D eigenvalue weighted by Crippen LogP contribution is -2.39. The number of aryl methyl sites for hydroxylation is 1. The minimum absolute atomic E-state index is 0.165. The summed E-state index contributed by atoms with van der Waals surface area (Å²) in [6.07, 6.45) is 5.02. The summed E-state index contributed by atoms with van der Waals surface area (Å²) < 4.78 is 0. The van der Waals surface area contributed by atoms with Crippen molar-refractivity contribution in [3.8, 4) is 0 Å². The van der Waals surface area contributed by atoms with E-state index in [0.29, 0.717) is 18.8 Å². The maximum absolute atomic E-state index is 12.5. The third-order valence-corrected chi connectivity index (χ3v) is 5.34. The van der Waals surface area contributed by atoms with Gasteiger partial charge in [-0.3, -0.25) is 4.79 Å². The second kappa shape index (κ2) is 7.57. The molecule has 0 unspecified atom stereocenters. The first kappa shape index (κ1) is 16.6. The Morgan fingerprint density at radius 1 is 1.29 bits per heavy atom. The molecule has 1 fully saturated rings. The number of benzene rings is 1. The quantitative estimate of drug-likeness (QED) is 0.904. The highest BCUT2D eigenvalue weighted by Gasteiger charge is 2.25. The molecular formula is C18H20N2O3S. The van der Waals surface area contributed by atoms with Crippen molar-refractivity contribution in [1.29, 1.82) is 0 Å². The van der Waals surface area contributed by atoms with E-state index >= 15 is 0 Å². The number of carbonyl (C=O) groups excluding carboxylic acids is 1. The van der Waals surface area contributed by atoms with E-state index < -0.39 is 5.97 Å². The standard InChI is InChI=1S/C18H20N2O3S/c21-16(8-5-13-3-6-14(7-4-13)18(22)23)20-10-1-2-15(12-20)17-19-9-11-24-17/h3-4,6-7,9,11,15H,1-2,5,8,10,12H2,(H,22,23)/t15-/m0/s1. The van der Waals surface area contributed by atoms with Gasteiger partial charge in [0.1, 0.15) is 0 Å². The number of nitrogens with zero attached hydrogens (tertiary/aromatic N) is 2. The van der Waals surface area contributed by atoms with Crippen LogP contribution in [0.2, 0.25) is 0 Å². The third-order valence-electron chi connectivity index (χ3n) is 4.40. The molecule has 1 aromatic carbocycles. The summed E-state index contributed by atoms with van der Waals surface area (Å²) >= 11 is 1.66. The fourth-order valence-corrected chi connectivity index (χ4v) is 3.83. The second-order valence-corrected chi connectivity index (χ2v) is 6.98. The van der Waals surface area contributed by atoms with E-state index in [9.17, 15) is 9.59 Å². The van der Waals surface area contributed by atoms with Crippen molar-refractivity contribution < 1.29 is 14.7 Å². The number of aromatic carboxylic acids is 1. The van der Waals surface area contributed by atoms with Gasteiger partial charge in [0.25, 0.3) is 0 Å². The molecule has 1 aliphatic heterocycles. The lowest BCUT2D eigenvalue weighted by Gasteiger charge is -2.32. The molecule has 6 heteroatoms. The molecule has 2 aromatic rings. The summed E-state index contributed by atoms with van der Waals surface area (Å²) in [4.78, 5) is 29.7. The van der Waals surface area contributed by atoms with Gasteiger partial charge in [-0.2, -0.15) is 0 Å². The first-order valence-corrected chi connectivity index (χ1v) is 9.01. The second-order valence-electron chi connectivity index (χ2n) is 6.05. The topological polar surface area (TPSA) is 70.5 Å². The van der Waals surface area contributed by atoms with Gasteiger partial charge in [-0.15, -0.1) is 11.3 Å². The summed E-state index contributed by atoms with van der Waals surface area (Å²) in [7, 11) is 0. The number of rotatable bonds is 5. The third kappa shape index (κ3) is 4.00. The maximum Gasteiger partial charge on any atom is 0.335 e. The zero-order valence-electron chi connectivity index (χ0n) is 13.4. The molecule has 24 heavy (non-hydrogen) atoms. The Morgan fingerprint density at radius 3 is 2.75 bits per heavy atom. The smallest absolute Gasteiger partial charge is 0.335 e. The van der Waals surface area contributed by atoms with Crippen molar-refractivity contribution in [3.05, 3.63) is 52.0 Å². The monoisotopic (exact) mass is 344 g/mol. The Kier molecular flexibility index (Phi) is 5.25. The minimum Gasteiger partial charge on any atom is -0.478 e. The Morgan fingerprint density at radius 2 is 2.08 bits per heavy atom. The van der Waals surface area contributed by atoms with Crippen LogP contribution in [0, 0.1) is 0 Å². The molecule has 3 rings (SSSR count). The summed E-state index contributed by atoms with van der Waals surface area (Å²) in [5, 5.41) is 12.0. The highest BCUT2D eigenvalue weighted by atomic mass is 32.1. The predicted molar refractivity (Wildman–Crippen MR) is 92.4 cm³/mol. The fraction of sp³-hybridized carbons (Fsp3) is 0.389. The van der Waals surface area contributed by atoms with Gasteiger partial charge < -0.3 is 10.0 Å². The van der Waals surface area contributed by atoms with Crippen LogP contribution in [-0.2, 0) is 11.2 Å². The molecule has 0 bridgehead atoms. The van der Waals surface area contributed by atoms with Crippen LogP contribution in [0.3, 0.4) is 0 Å². The normalized spacial score (nSPS) is 17.7. The lowest BCUT2D eigenvalue weighted by atomic mass is 9.98. The Bertz CT molecular complexity index is 698. The molecule has 1 aromatic heterocycles. The molecule has 0 radical (unpaired) electrons. The van der Waals surface area contributed by atoms with Crippen molar-refractivity contribution in [2.45, 2.75) is 31.6 Å². The molecule has 0 aliphatic carbocycles. The van der Waals surface area contributed by atoms with Crippen molar-refractivity contribution in [2.24, 2.45) is 0 Å². The number of amides is 1. The molecule has 1 amide bonds. The number of carboxylic acid groups (broad SMARTS) is 1. The van der Waals surface area contributed by atoms with E-state index in [2.05, 4.69) is 4.98 Å². The van der Waals surface area contributed by atoms with E-state index in [1.54, 1.807) is 35.6 Å². The van der Waals surface area contributed by atoms with Gasteiger partial charge in [-0.05, 0) is 37.0 Å². The van der Waals surface area contributed by atoms with E-state index in [0.717, 1.165) is 36.5 Å². The minimum atomic E-state index is -0.931. The number of hydrogen-bond donors (Lipinski definition) is 1. The van der Waals surface area contributed by atoms with Crippen LogP contribution in [0.15, 0.2) is 35.8 Å². The van der Waals surface area contributed by atoms with Gasteiger partial charge in [0.2, 0.25) is 5.91 Å². The zero-order chi connectivity index (χ0) is 16.9. The van der Waals surface area contributed by atoms with Crippen LogP contribution < -0.4 is 0 Å². The van der Waals surface area contributed by atoms with Crippen molar-refractivity contribution in [2.75, 3.05) is 13.1 Å². The Hall–Kier alpha value is -2.21. The summed E-state index contributed by atoms with van der Waals surface area (Å²) in [6.45, 7) is 1.57. The average molecular weight is 344 g/mol. The number of aromatic nitrogens is 1. The van der Waals surface area contributed by atoms with Crippen molar-refractivity contribution in [1.82, 2.24) is 9.88 Å². The van der Waals surface area contributed by atoms with E-state index in [4.69, 9.17) is 5.11 Å². The van der Waals surface area contributed by atoms with Gasteiger partial charge in [-0.25, -0.2) is 9.78 Å². The Labute approximate surface area is 145 Å². The maximum atomic E-state index is 12.5. The summed E-state index contributed by atoms with van der Waals surface area (Å²) in [5.74, 6) is -0.407. The van der Waals surface area contributed by atoms with Crippen molar-refractivity contribution >= 4 is 23.2 Å². The average Bonchev–Trinajstić information content (AvgIpc) is 3.15. The summed E-state index contributed by atoms with van der Waals surface area (Å²) in [6, 6.07) is 6.74. The highest BCUT2D eigenvalue weighted by molar-refractivity contribution is 7.09. The number of likely N-dealkylation sites (tertiary alicyclic amines) is 1. The molecule has 0 spiro atoms. The van der Waals surface area contributed by atoms with Crippen LogP contribution in [0.1, 0.15) is 46.1 Å². The van der Waals surface area contributed by atoms with Gasteiger partial charge in [0.15, 0.2) is 0 Å². The molecule has 2 heterocycles. The highest BCUT2D eigenvalue weighted by Crippen LogP contribution is 2.28. The summed E-state index contributed by atoms with van der Waals surface area (Å²) in [5.41, 5.74) is 1.26.